The van der Waals surface area contributed by atoms with E-state index in [-0.39, 0.29) is 11.9 Å². The SMILES string of the molecule is O=C(CCc1nc2ccccc2s1)NC[C@@H](c1ccco1)N1CCCCC1. The van der Waals surface area contributed by atoms with E-state index in [1.165, 1.54) is 24.0 Å². The molecule has 0 radical (unpaired) electrons. The van der Waals surface area contributed by atoms with Gasteiger partial charge in [0.1, 0.15) is 5.76 Å². The highest BCUT2D eigenvalue weighted by molar-refractivity contribution is 7.18. The fourth-order valence-corrected chi connectivity index (χ4v) is 4.63. The van der Waals surface area contributed by atoms with E-state index in [1.807, 2.05) is 30.3 Å². The first-order valence-corrected chi connectivity index (χ1v) is 10.5. The van der Waals surface area contributed by atoms with Gasteiger partial charge in [-0.25, -0.2) is 4.98 Å². The lowest BCUT2D eigenvalue weighted by Crippen LogP contribution is -2.40. The number of amides is 1. The van der Waals surface area contributed by atoms with E-state index in [9.17, 15) is 4.79 Å². The molecule has 27 heavy (non-hydrogen) atoms. The Bertz CT molecular complexity index is 836. The van der Waals surface area contributed by atoms with Crippen molar-refractivity contribution in [3.05, 3.63) is 53.4 Å². The van der Waals surface area contributed by atoms with Gasteiger partial charge in [0.05, 0.1) is 27.5 Å². The lowest BCUT2D eigenvalue weighted by Gasteiger charge is -2.33. The van der Waals surface area contributed by atoms with Crippen molar-refractivity contribution >= 4 is 27.5 Å². The third kappa shape index (κ3) is 4.57. The minimum absolute atomic E-state index is 0.0721. The molecule has 0 unspecified atom stereocenters. The van der Waals surface area contributed by atoms with Crippen molar-refractivity contribution in [1.29, 1.82) is 0 Å². The maximum absolute atomic E-state index is 12.4. The molecule has 1 N–H and O–H groups in total. The predicted molar refractivity (Wildman–Crippen MR) is 108 cm³/mol. The lowest BCUT2D eigenvalue weighted by atomic mass is 10.1. The number of fused-ring (bicyclic) bond motifs is 1. The van der Waals surface area contributed by atoms with Crippen LogP contribution in [0.2, 0.25) is 0 Å². The van der Waals surface area contributed by atoms with Crippen molar-refractivity contribution in [1.82, 2.24) is 15.2 Å². The molecule has 1 saturated heterocycles. The van der Waals surface area contributed by atoms with E-state index >= 15 is 0 Å². The summed E-state index contributed by atoms with van der Waals surface area (Å²) in [5.74, 6) is 1.01. The van der Waals surface area contributed by atoms with Gasteiger partial charge in [-0.1, -0.05) is 18.6 Å². The van der Waals surface area contributed by atoms with Crippen LogP contribution < -0.4 is 5.32 Å². The van der Waals surface area contributed by atoms with Gasteiger partial charge in [0, 0.05) is 19.4 Å². The van der Waals surface area contributed by atoms with Gasteiger partial charge in [0.2, 0.25) is 5.91 Å². The number of benzene rings is 1. The number of para-hydroxylation sites is 1. The molecule has 0 bridgehead atoms. The van der Waals surface area contributed by atoms with Crippen molar-refractivity contribution in [2.45, 2.75) is 38.1 Å². The van der Waals surface area contributed by atoms with Crippen molar-refractivity contribution in [3.8, 4) is 0 Å². The molecule has 1 fully saturated rings. The Morgan fingerprint density at radius 1 is 1.19 bits per heavy atom. The molecule has 0 aliphatic carbocycles. The maximum Gasteiger partial charge on any atom is 0.220 e. The number of nitrogens with zero attached hydrogens (tertiary/aromatic N) is 2. The molecule has 3 aromatic rings. The molecule has 0 spiro atoms. The Hall–Kier alpha value is -2.18. The summed E-state index contributed by atoms with van der Waals surface area (Å²) in [4.78, 5) is 19.4. The van der Waals surface area contributed by atoms with E-state index in [1.54, 1.807) is 17.6 Å². The number of aryl methyl sites for hydroxylation is 1. The van der Waals surface area contributed by atoms with Crippen LogP contribution in [0, 0.1) is 0 Å². The largest absolute Gasteiger partial charge is 0.468 e. The number of carbonyl (C=O) groups is 1. The highest BCUT2D eigenvalue weighted by Crippen LogP contribution is 2.25. The number of aromatic nitrogens is 1. The molecule has 4 rings (SSSR count). The predicted octanol–water partition coefficient (Wildman–Crippen LogP) is 4.17. The number of nitrogens with one attached hydrogen (secondary N) is 1. The number of thiazole rings is 1. The maximum atomic E-state index is 12.4. The van der Waals surface area contributed by atoms with Gasteiger partial charge in [-0.2, -0.15) is 0 Å². The van der Waals surface area contributed by atoms with E-state index < -0.39 is 0 Å². The third-order valence-corrected chi connectivity index (χ3v) is 6.20. The topological polar surface area (TPSA) is 58.4 Å². The molecule has 6 heteroatoms. The highest BCUT2D eigenvalue weighted by Gasteiger charge is 2.24. The zero-order valence-corrected chi connectivity index (χ0v) is 16.2. The van der Waals surface area contributed by atoms with E-state index in [0.717, 1.165) is 29.4 Å². The van der Waals surface area contributed by atoms with Gasteiger partial charge in [0.25, 0.3) is 0 Å². The Labute approximate surface area is 163 Å². The zero-order chi connectivity index (χ0) is 18.5. The number of carbonyl (C=O) groups excluding carboxylic acids is 1. The van der Waals surface area contributed by atoms with Crippen molar-refractivity contribution < 1.29 is 9.21 Å². The molecule has 142 valence electrons. The summed E-state index contributed by atoms with van der Waals surface area (Å²) >= 11 is 1.67. The van der Waals surface area contributed by atoms with Crippen LogP contribution in [0.5, 0.6) is 0 Å². The zero-order valence-electron chi connectivity index (χ0n) is 15.4. The summed E-state index contributed by atoms with van der Waals surface area (Å²) in [5.41, 5.74) is 1.01. The molecule has 1 amide bonds. The standard InChI is InChI=1S/C21H25N3O2S/c25-20(10-11-21-23-16-7-2-3-9-19(16)27-21)22-15-17(18-8-6-14-26-18)24-12-4-1-5-13-24/h2-3,6-9,14,17H,1,4-5,10-13,15H2,(H,22,25)/t17-/m0/s1. The lowest BCUT2D eigenvalue weighted by molar-refractivity contribution is -0.121. The summed E-state index contributed by atoms with van der Waals surface area (Å²) in [6, 6.07) is 12.1. The first-order chi connectivity index (χ1) is 13.3. The smallest absolute Gasteiger partial charge is 0.220 e. The van der Waals surface area contributed by atoms with Crippen molar-refractivity contribution in [2.24, 2.45) is 0 Å². The molecular formula is C21H25N3O2S. The molecule has 1 aromatic carbocycles. The van der Waals surface area contributed by atoms with Gasteiger partial charge >= 0.3 is 0 Å². The number of hydrogen-bond acceptors (Lipinski definition) is 5. The monoisotopic (exact) mass is 383 g/mol. The molecule has 1 aliphatic heterocycles. The molecular weight excluding hydrogens is 358 g/mol. The van der Waals surface area contributed by atoms with Gasteiger partial charge in [-0.15, -0.1) is 11.3 Å². The normalized spacial score (nSPS) is 16.4. The number of furan rings is 1. The molecule has 5 nitrogen and oxygen atoms in total. The highest BCUT2D eigenvalue weighted by atomic mass is 32.1. The van der Waals surface area contributed by atoms with Crippen LogP contribution in [0.4, 0.5) is 0 Å². The number of likely N-dealkylation sites (tertiary alicyclic amines) is 1. The summed E-state index contributed by atoms with van der Waals surface area (Å²) in [6.45, 7) is 2.71. The number of rotatable bonds is 7. The fourth-order valence-electron chi connectivity index (χ4n) is 3.67. The van der Waals surface area contributed by atoms with E-state index in [4.69, 9.17) is 4.42 Å². The average molecular weight is 384 g/mol. The molecule has 1 aliphatic rings. The van der Waals surface area contributed by atoms with Gasteiger partial charge < -0.3 is 9.73 Å². The van der Waals surface area contributed by atoms with Gasteiger partial charge in [-0.05, 0) is 50.2 Å². The number of hydrogen-bond donors (Lipinski definition) is 1. The van der Waals surface area contributed by atoms with Crippen LogP contribution in [-0.2, 0) is 11.2 Å². The Morgan fingerprint density at radius 2 is 2.04 bits per heavy atom. The molecule has 0 saturated carbocycles. The van der Waals surface area contributed by atoms with Crippen LogP contribution in [0.25, 0.3) is 10.2 Å². The molecule has 2 aromatic heterocycles. The second kappa shape index (κ2) is 8.67. The van der Waals surface area contributed by atoms with E-state index in [0.29, 0.717) is 19.4 Å². The Balaban J connectivity index is 1.32. The van der Waals surface area contributed by atoms with Crippen LogP contribution in [0.3, 0.4) is 0 Å². The van der Waals surface area contributed by atoms with Crippen LogP contribution in [0.1, 0.15) is 42.5 Å². The van der Waals surface area contributed by atoms with Crippen LogP contribution in [-0.4, -0.2) is 35.4 Å². The van der Waals surface area contributed by atoms with Crippen molar-refractivity contribution in [2.75, 3.05) is 19.6 Å². The first kappa shape index (κ1) is 18.2. The second-order valence-corrected chi connectivity index (χ2v) is 8.12. The summed E-state index contributed by atoms with van der Waals surface area (Å²) in [6.07, 6.45) is 6.56. The van der Waals surface area contributed by atoms with Crippen molar-refractivity contribution in [3.63, 3.8) is 0 Å². The van der Waals surface area contributed by atoms with Crippen LogP contribution >= 0.6 is 11.3 Å². The average Bonchev–Trinajstić information content (AvgIpc) is 3.37. The Morgan fingerprint density at radius 3 is 2.81 bits per heavy atom. The van der Waals surface area contributed by atoms with Crippen LogP contribution in [0.15, 0.2) is 47.1 Å². The van der Waals surface area contributed by atoms with E-state index in [2.05, 4.69) is 21.3 Å². The molecule has 1 atom stereocenters. The summed E-state index contributed by atoms with van der Waals surface area (Å²) in [7, 11) is 0. The van der Waals surface area contributed by atoms with Gasteiger partial charge in [0.15, 0.2) is 0 Å². The Kier molecular flexibility index (Phi) is 5.84. The molecule has 3 heterocycles. The second-order valence-electron chi connectivity index (χ2n) is 7.01. The first-order valence-electron chi connectivity index (χ1n) is 9.68. The number of piperidine rings is 1. The summed E-state index contributed by atoms with van der Waals surface area (Å²) < 4.78 is 6.82. The third-order valence-electron chi connectivity index (χ3n) is 5.10. The fraction of sp³-hybridized carbons (Fsp3) is 0.429. The minimum Gasteiger partial charge on any atom is -0.468 e. The summed E-state index contributed by atoms with van der Waals surface area (Å²) in [5, 5.41) is 4.13. The quantitative estimate of drug-likeness (QED) is 0.665. The minimum atomic E-state index is 0.0721. The van der Waals surface area contributed by atoms with Gasteiger partial charge in [-0.3, -0.25) is 9.69 Å².